The Hall–Kier alpha value is -9.52. The van der Waals surface area contributed by atoms with Crippen LogP contribution in [0, 0.1) is 29.2 Å². The zero-order chi connectivity index (χ0) is 74.5. The Labute approximate surface area is 638 Å². The SMILES string of the molecule is COc1ccc(N=C(SC)N2CC(C3CCOc4cc(F)ccc43)C2)cn1.COc1ccc(N=C(SC)N2CC(N3CCOc4c(F)cccc43)C2)cn1.COc1ccc(N=C(SC)N2CC(N3CCOc4cc(F)ccc43)C2)cn1.COc1ccc(N=C(SC)N2CC(N3CCc4cc(F)ccc43)C2)cn1. The lowest BCUT2D eigenvalue weighted by molar-refractivity contribution is 0.132. The van der Waals surface area contributed by atoms with Gasteiger partial charge in [-0.3, -0.25) is 0 Å². The number of amidine groups is 4. The van der Waals surface area contributed by atoms with Crippen LogP contribution in [0.2, 0.25) is 0 Å². The monoisotopic (exact) mass is 1540 g/mol. The predicted octanol–water partition coefficient (Wildman–Crippen LogP) is 13.7. The van der Waals surface area contributed by atoms with Crippen LogP contribution < -0.4 is 47.9 Å². The van der Waals surface area contributed by atoms with Gasteiger partial charge < -0.3 is 67.5 Å². The molecule has 4 fully saturated rings. The molecule has 12 heterocycles. The molecule has 0 aliphatic carbocycles. The molecule has 8 aliphatic rings. The van der Waals surface area contributed by atoms with Crippen molar-refractivity contribution in [2.24, 2.45) is 25.9 Å². The van der Waals surface area contributed by atoms with E-state index in [2.05, 4.69) is 54.2 Å². The lowest BCUT2D eigenvalue weighted by Gasteiger charge is -2.48. The van der Waals surface area contributed by atoms with Crippen LogP contribution in [0.15, 0.2) is 166 Å². The van der Waals surface area contributed by atoms with E-state index in [0.717, 1.165) is 151 Å². The third-order valence-corrected chi connectivity index (χ3v) is 22.4. The van der Waals surface area contributed by atoms with Crippen molar-refractivity contribution in [2.75, 3.05) is 160 Å². The van der Waals surface area contributed by atoms with Crippen LogP contribution in [0.1, 0.15) is 23.5 Å². The van der Waals surface area contributed by atoms with Crippen LogP contribution >= 0.6 is 47.0 Å². The standard InChI is InChI=1S/C20H22FN3O2S.2C19H21FN4O2S.C19H21FN4OS/c1-25-19-6-4-15(10-22-19)23-20(27-2)24-11-13(12-24)16-7-8-26-18-9-14(21)3-5-17(16)18;1-25-18-6-4-14(10-21-18)22-19(27-2)23-11-15(12-23)24-7-8-26-17-9-13(20)3-5-16(17)24;1-25-17-7-6-13(10-21-17)22-19(27-2)23-11-14(12-23)24-8-9-26-18-15(20)4-3-5-16(18)24;1-25-18-6-4-15(10-21-18)22-19(26-2)23-11-16(12-23)24-8-7-13-9-14(20)3-5-17(13)24/h3-6,9-10,13,16H,7-8,11-12H2,1-2H3;3-6,9-10,15H,7-8,11-12H2,1-2H3;3-7,10,14H,8-9,11-12H2,1-2H3;3-6,9-10,16H,7-8,11-12H2,1-2H3. The van der Waals surface area contributed by atoms with Crippen LogP contribution in [-0.2, 0) is 6.42 Å². The second kappa shape index (κ2) is 35.5. The van der Waals surface area contributed by atoms with Crippen molar-refractivity contribution >= 4 is 108 Å². The van der Waals surface area contributed by atoms with Crippen LogP contribution in [0.25, 0.3) is 0 Å². The summed E-state index contributed by atoms with van der Waals surface area (Å²) in [5, 5.41) is 3.90. The van der Waals surface area contributed by atoms with Gasteiger partial charge in [0, 0.05) is 107 Å². The Morgan fingerprint density at radius 1 is 0.421 bits per heavy atom. The number of likely N-dealkylation sites (tertiary alicyclic amines) is 4. The summed E-state index contributed by atoms with van der Waals surface area (Å²) >= 11 is 6.51. The van der Waals surface area contributed by atoms with Crippen molar-refractivity contribution in [1.29, 1.82) is 0 Å². The third-order valence-electron chi connectivity index (χ3n) is 19.5. The van der Waals surface area contributed by atoms with E-state index in [-0.39, 0.29) is 23.3 Å². The minimum absolute atomic E-state index is 0.147. The first kappa shape index (κ1) is 75.7. The quantitative estimate of drug-likeness (QED) is 0.0637. The maximum Gasteiger partial charge on any atom is 0.213 e. The van der Waals surface area contributed by atoms with Crippen molar-refractivity contribution in [3.05, 3.63) is 181 Å². The fourth-order valence-electron chi connectivity index (χ4n) is 13.9. The first-order valence-electron chi connectivity index (χ1n) is 35.1. The van der Waals surface area contributed by atoms with Gasteiger partial charge in [0.15, 0.2) is 32.2 Å². The average Bonchev–Trinajstić information content (AvgIpc) is 1.06. The number of halogens is 4. The van der Waals surface area contributed by atoms with E-state index in [4.69, 9.17) is 53.1 Å². The highest BCUT2D eigenvalue weighted by molar-refractivity contribution is 8.14. The summed E-state index contributed by atoms with van der Waals surface area (Å²) in [6, 6.07) is 35.9. The van der Waals surface area contributed by atoms with Gasteiger partial charge >= 0.3 is 0 Å². The average molecular weight is 1540 g/mol. The molecule has 1 unspecified atom stereocenters. The highest BCUT2D eigenvalue weighted by Gasteiger charge is 2.41. The van der Waals surface area contributed by atoms with E-state index in [9.17, 15) is 17.6 Å². The van der Waals surface area contributed by atoms with Crippen molar-refractivity contribution in [3.63, 3.8) is 0 Å². The van der Waals surface area contributed by atoms with Gasteiger partial charge in [0.2, 0.25) is 23.5 Å². The number of aliphatic imine (C=N–C) groups is 4. The van der Waals surface area contributed by atoms with E-state index in [1.165, 1.54) is 36.0 Å². The molecule has 0 amide bonds. The van der Waals surface area contributed by atoms with E-state index in [0.29, 0.717) is 90.6 Å². The number of rotatable bonds is 12. The van der Waals surface area contributed by atoms with Gasteiger partial charge in [0.05, 0.1) is 125 Å². The lowest BCUT2D eigenvalue weighted by Crippen LogP contribution is -2.62. The molecule has 0 saturated carbocycles. The highest BCUT2D eigenvalue weighted by atomic mass is 32.2. The van der Waals surface area contributed by atoms with Crippen molar-refractivity contribution in [2.45, 2.75) is 36.9 Å². The van der Waals surface area contributed by atoms with Gasteiger partial charge in [-0.1, -0.05) is 59.2 Å². The van der Waals surface area contributed by atoms with E-state index in [1.807, 2.05) is 79.6 Å². The first-order chi connectivity index (χ1) is 52.2. The molecule has 1 atom stereocenters. The zero-order valence-corrected chi connectivity index (χ0v) is 64.0. The topological polar surface area (TPSA) is 188 Å². The Morgan fingerprint density at radius 3 is 1.27 bits per heavy atom. The molecule has 4 aromatic carbocycles. The molecular formula is C77H85F4N15O7S4. The van der Waals surface area contributed by atoms with Crippen LogP contribution in [0.3, 0.4) is 0 Å². The Bertz CT molecular complexity index is 4320. The molecule has 0 radical (unpaired) electrons. The smallest absolute Gasteiger partial charge is 0.213 e. The van der Waals surface area contributed by atoms with Crippen LogP contribution in [0.4, 0.5) is 57.4 Å². The summed E-state index contributed by atoms with van der Waals surface area (Å²) in [7, 11) is 6.39. The summed E-state index contributed by atoms with van der Waals surface area (Å²) in [6.45, 7) is 11.5. The zero-order valence-electron chi connectivity index (χ0n) is 60.8. The molecule has 16 rings (SSSR count). The Balaban J connectivity index is 0.000000126. The van der Waals surface area contributed by atoms with Crippen LogP contribution in [-0.4, -0.2) is 224 Å². The van der Waals surface area contributed by atoms with Gasteiger partial charge in [-0.05, 0) is 128 Å². The molecule has 4 aromatic heterocycles. The molecule has 22 nitrogen and oxygen atoms in total. The number of anilines is 3. The number of thioether (sulfide) groups is 4. The minimum atomic E-state index is -0.299. The largest absolute Gasteiger partial charge is 0.493 e. The molecule has 562 valence electrons. The number of fused-ring (bicyclic) bond motifs is 4. The van der Waals surface area contributed by atoms with Gasteiger partial charge in [0.25, 0.3) is 0 Å². The fraction of sp³-hybridized carbons (Fsp3) is 0.377. The molecule has 0 spiro atoms. The number of ether oxygens (including phenoxy) is 7. The van der Waals surface area contributed by atoms with Crippen LogP contribution in [0.5, 0.6) is 40.8 Å². The van der Waals surface area contributed by atoms with Gasteiger partial charge in [-0.15, -0.1) is 0 Å². The van der Waals surface area contributed by atoms with Gasteiger partial charge in [-0.25, -0.2) is 57.5 Å². The molecule has 0 N–H and O–H groups in total. The van der Waals surface area contributed by atoms with Crippen molar-refractivity contribution in [3.8, 4) is 40.8 Å². The summed E-state index contributed by atoms with van der Waals surface area (Å²) < 4.78 is 91.4. The predicted molar refractivity (Wildman–Crippen MR) is 422 cm³/mol. The fourth-order valence-corrected chi connectivity index (χ4v) is 16.3. The van der Waals surface area contributed by atoms with E-state index in [1.54, 1.807) is 137 Å². The molecule has 0 bridgehead atoms. The maximum absolute atomic E-state index is 14.0. The van der Waals surface area contributed by atoms with Crippen molar-refractivity contribution < 1.29 is 50.7 Å². The summed E-state index contributed by atoms with van der Waals surface area (Å²) in [5.74, 6) is 4.00. The Morgan fingerprint density at radius 2 is 0.822 bits per heavy atom. The molecule has 8 aliphatic heterocycles. The number of hydrogen-bond donors (Lipinski definition) is 0. The molecule has 30 heteroatoms. The molecule has 4 saturated heterocycles. The number of benzene rings is 4. The number of pyridine rings is 4. The number of aromatic nitrogens is 4. The lowest BCUT2D eigenvalue weighted by atomic mass is 9.78. The van der Waals surface area contributed by atoms with E-state index < -0.39 is 0 Å². The number of methoxy groups -OCH3 is 4. The van der Waals surface area contributed by atoms with Gasteiger partial charge in [0.1, 0.15) is 42.2 Å². The molecule has 8 aromatic rings. The summed E-state index contributed by atoms with van der Waals surface area (Å²) in [5.41, 5.74) is 8.47. The minimum Gasteiger partial charge on any atom is -0.493 e. The first-order valence-corrected chi connectivity index (χ1v) is 40.0. The summed E-state index contributed by atoms with van der Waals surface area (Å²) in [4.78, 5) is 51.6. The number of hydrogen-bond acceptors (Lipinski definition) is 22. The van der Waals surface area contributed by atoms with E-state index >= 15 is 0 Å². The Kier molecular flexibility index (Phi) is 25.1. The van der Waals surface area contributed by atoms with Gasteiger partial charge in [-0.2, -0.15) is 0 Å². The normalized spacial score (nSPS) is 17.9. The summed E-state index contributed by atoms with van der Waals surface area (Å²) in [6.07, 6.45) is 16.9. The molecular weight excluding hydrogens is 1450 g/mol. The number of nitrogens with zero attached hydrogens (tertiary/aromatic N) is 15. The second-order valence-electron chi connectivity index (χ2n) is 25.9. The van der Waals surface area contributed by atoms with Crippen molar-refractivity contribution in [1.82, 2.24) is 39.5 Å². The maximum atomic E-state index is 14.0. The third kappa shape index (κ3) is 18.0. The molecule has 107 heavy (non-hydrogen) atoms. The highest BCUT2D eigenvalue weighted by Crippen LogP contribution is 2.44. The number of para-hydroxylation sites is 1. The second-order valence-corrected chi connectivity index (χ2v) is 29.0.